The van der Waals surface area contributed by atoms with Crippen molar-refractivity contribution in [3.8, 4) is 11.3 Å². The molecule has 0 spiro atoms. The van der Waals surface area contributed by atoms with Gasteiger partial charge in [-0.25, -0.2) is 0 Å². The van der Waals surface area contributed by atoms with Gasteiger partial charge in [-0.2, -0.15) is 0 Å². The molecule has 1 heterocycles. The maximum absolute atomic E-state index is 12.0. The van der Waals surface area contributed by atoms with E-state index < -0.39 is 0 Å². The first-order valence-corrected chi connectivity index (χ1v) is 6.54. The predicted molar refractivity (Wildman–Crippen MR) is 76.7 cm³/mol. The Morgan fingerprint density at radius 2 is 1.89 bits per heavy atom. The molecule has 18 heavy (non-hydrogen) atoms. The third-order valence-corrected chi connectivity index (χ3v) is 3.58. The molecule has 0 unspecified atom stereocenters. The van der Waals surface area contributed by atoms with E-state index in [1.165, 1.54) is 4.57 Å². The van der Waals surface area contributed by atoms with Crippen molar-refractivity contribution in [3.63, 3.8) is 0 Å². The average molecular weight is 303 g/mol. The van der Waals surface area contributed by atoms with Gasteiger partial charge in [0.15, 0.2) is 0 Å². The lowest BCUT2D eigenvalue weighted by molar-refractivity contribution is 0.856. The fraction of sp³-hybridized carbons (Fsp3) is 0.154. The van der Waals surface area contributed by atoms with Gasteiger partial charge in [-0.15, -0.1) is 11.6 Å². The van der Waals surface area contributed by atoms with Crippen LogP contribution in [-0.2, 0) is 12.9 Å². The molecule has 0 N–H and O–H groups in total. The van der Waals surface area contributed by atoms with E-state index in [-0.39, 0.29) is 11.4 Å². The molecule has 0 bridgehead atoms. The summed E-state index contributed by atoms with van der Waals surface area (Å²) in [6.45, 7) is 0. The lowest BCUT2D eigenvalue weighted by Crippen LogP contribution is -2.21. The van der Waals surface area contributed by atoms with Gasteiger partial charge in [0.2, 0.25) is 0 Å². The number of halogens is 3. The van der Waals surface area contributed by atoms with E-state index in [9.17, 15) is 4.79 Å². The number of hydrogen-bond donors (Lipinski definition) is 0. The highest BCUT2D eigenvalue weighted by atomic mass is 35.5. The first-order chi connectivity index (χ1) is 8.54. The zero-order valence-corrected chi connectivity index (χ0v) is 11.9. The van der Waals surface area contributed by atoms with E-state index in [0.717, 1.165) is 5.56 Å². The maximum Gasteiger partial charge on any atom is 0.255 e. The summed E-state index contributed by atoms with van der Waals surface area (Å²) in [5.41, 5.74) is 1.87. The van der Waals surface area contributed by atoms with Crippen LogP contribution in [0.2, 0.25) is 10.0 Å². The molecule has 1 aromatic carbocycles. The van der Waals surface area contributed by atoms with Gasteiger partial charge in [-0.05, 0) is 24.3 Å². The molecule has 5 heteroatoms. The van der Waals surface area contributed by atoms with Crippen LogP contribution in [0.15, 0.2) is 35.1 Å². The van der Waals surface area contributed by atoms with Gasteiger partial charge in [0.05, 0.1) is 11.6 Å². The highest BCUT2D eigenvalue weighted by molar-refractivity contribution is 6.35. The highest BCUT2D eigenvalue weighted by Gasteiger charge is 2.10. The molecule has 1 aromatic heterocycles. The van der Waals surface area contributed by atoms with Crippen LogP contribution in [0.5, 0.6) is 0 Å². The summed E-state index contributed by atoms with van der Waals surface area (Å²) in [5, 5.41) is 1.12. The molecule has 0 radical (unpaired) electrons. The zero-order chi connectivity index (χ0) is 13.3. The second kappa shape index (κ2) is 5.35. The van der Waals surface area contributed by atoms with E-state index in [0.29, 0.717) is 21.3 Å². The fourth-order valence-electron chi connectivity index (χ4n) is 1.75. The second-order valence-electron chi connectivity index (χ2n) is 3.87. The minimum Gasteiger partial charge on any atom is -0.311 e. The van der Waals surface area contributed by atoms with Crippen molar-refractivity contribution in [2.24, 2.45) is 7.05 Å². The summed E-state index contributed by atoms with van der Waals surface area (Å²) in [5.74, 6) is 0.191. The molecule has 0 aliphatic rings. The Bertz CT molecular complexity index is 649. The number of aromatic nitrogens is 1. The number of nitrogens with zero attached hydrogens (tertiary/aromatic N) is 1. The first kappa shape index (κ1) is 13.5. The summed E-state index contributed by atoms with van der Waals surface area (Å²) in [6, 6.07) is 8.68. The van der Waals surface area contributed by atoms with Crippen LogP contribution in [0.25, 0.3) is 11.3 Å². The molecule has 2 aromatic rings. The largest absolute Gasteiger partial charge is 0.311 e. The van der Waals surface area contributed by atoms with Crippen LogP contribution in [-0.4, -0.2) is 4.57 Å². The van der Waals surface area contributed by atoms with Gasteiger partial charge in [-0.1, -0.05) is 29.3 Å². The SMILES string of the molecule is Cn1c(-c2cc(Cl)ccc2Cl)ccc(CCl)c1=O. The van der Waals surface area contributed by atoms with Crippen molar-refractivity contribution in [2.75, 3.05) is 0 Å². The summed E-state index contributed by atoms with van der Waals surface area (Å²) in [7, 11) is 1.69. The maximum atomic E-state index is 12.0. The van der Waals surface area contributed by atoms with E-state index in [2.05, 4.69) is 0 Å². The van der Waals surface area contributed by atoms with Gasteiger partial charge in [0.25, 0.3) is 5.56 Å². The summed E-state index contributed by atoms with van der Waals surface area (Å²) in [6.07, 6.45) is 0. The summed E-state index contributed by atoms with van der Waals surface area (Å²) < 4.78 is 1.52. The molecule has 94 valence electrons. The Balaban J connectivity index is 2.69. The van der Waals surface area contributed by atoms with Gasteiger partial charge < -0.3 is 4.57 Å². The number of benzene rings is 1. The normalized spacial score (nSPS) is 10.7. The number of hydrogen-bond acceptors (Lipinski definition) is 1. The fourth-order valence-corrected chi connectivity index (χ4v) is 2.34. The van der Waals surface area contributed by atoms with Crippen LogP contribution < -0.4 is 5.56 Å². The molecule has 0 saturated carbocycles. The third-order valence-electron chi connectivity index (χ3n) is 2.73. The predicted octanol–water partition coefficient (Wildman–Crippen LogP) is 4.10. The molecule has 0 aliphatic carbocycles. The smallest absolute Gasteiger partial charge is 0.255 e. The average Bonchev–Trinajstić information content (AvgIpc) is 2.36. The molecule has 2 rings (SSSR count). The number of rotatable bonds is 2. The van der Waals surface area contributed by atoms with Gasteiger partial charge >= 0.3 is 0 Å². The zero-order valence-electron chi connectivity index (χ0n) is 9.58. The first-order valence-electron chi connectivity index (χ1n) is 5.25. The Kier molecular flexibility index (Phi) is 4.00. The molecule has 0 aliphatic heterocycles. The van der Waals surface area contributed by atoms with Crippen LogP contribution in [0.4, 0.5) is 0 Å². The Morgan fingerprint density at radius 3 is 2.56 bits per heavy atom. The third kappa shape index (κ3) is 2.41. The number of alkyl halides is 1. The molecule has 0 saturated heterocycles. The van der Waals surface area contributed by atoms with Crippen molar-refractivity contribution < 1.29 is 0 Å². The molecule has 0 amide bonds. The lowest BCUT2D eigenvalue weighted by atomic mass is 10.1. The van der Waals surface area contributed by atoms with Gasteiger partial charge in [0.1, 0.15) is 0 Å². The quantitative estimate of drug-likeness (QED) is 0.766. The van der Waals surface area contributed by atoms with Crippen molar-refractivity contribution in [1.82, 2.24) is 4.57 Å². The van der Waals surface area contributed by atoms with Crippen molar-refractivity contribution in [3.05, 3.63) is 56.3 Å². The minimum atomic E-state index is -0.126. The molecule has 0 fully saturated rings. The standard InChI is InChI=1S/C13H10Cl3NO/c1-17-12(5-2-8(7-14)13(17)18)10-6-9(15)3-4-11(10)16/h2-6H,7H2,1H3. The van der Waals surface area contributed by atoms with Gasteiger partial charge in [-0.3, -0.25) is 4.79 Å². The monoisotopic (exact) mass is 301 g/mol. The Morgan fingerprint density at radius 1 is 1.17 bits per heavy atom. The van der Waals surface area contributed by atoms with Crippen LogP contribution in [0.3, 0.4) is 0 Å². The van der Waals surface area contributed by atoms with Crippen molar-refractivity contribution >= 4 is 34.8 Å². The van der Waals surface area contributed by atoms with Crippen LogP contribution in [0, 0.1) is 0 Å². The molecule has 0 atom stereocenters. The van der Waals surface area contributed by atoms with Gasteiger partial charge in [0, 0.05) is 28.2 Å². The van der Waals surface area contributed by atoms with E-state index >= 15 is 0 Å². The van der Waals surface area contributed by atoms with Crippen LogP contribution in [0.1, 0.15) is 5.56 Å². The minimum absolute atomic E-state index is 0.126. The molecule has 2 nitrogen and oxygen atoms in total. The van der Waals surface area contributed by atoms with E-state index in [1.807, 2.05) is 6.07 Å². The Hall–Kier alpha value is -0.960. The van der Waals surface area contributed by atoms with Crippen molar-refractivity contribution in [1.29, 1.82) is 0 Å². The Labute approximate surface area is 120 Å². The summed E-state index contributed by atoms with van der Waals surface area (Å²) >= 11 is 17.8. The summed E-state index contributed by atoms with van der Waals surface area (Å²) in [4.78, 5) is 12.0. The van der Waals surface area contributed by atoms with E-state index in [1.54, 1.807) is 31.3 Å². The molecular weight excluding hydrogens is 293 g/mol. The highest BCUT2D eigenvalue weighted by Crippen LogP contribution is 2.29. The van der Waals surface area contributed by atoms with E-state index in [4.69, 9.17) is 34.8 Å². The molecular formula is C13H10Cl3NO. The van der Waals surface area contributed by atoms with Crippen LogP contribution >= 0.6 is 34.8 Å². The van der Waals surface area contributed by atoms with Crippen molar-refractivity contribution in [2.45, 2.75) is 5.88 Å². The number of pyridine rings is 1. The second-order valence-corrected chi connectivity index (χ2v) is 4.98. The topological polar surface area (TPSA) is 22.0 Å². The lowest BCUT2D eigenvalue weighted by Gasteiger charge is -2.11.